The van der Waals surface area contributed by atoms with Gasteiger partial charge in [0.1, 0.15) is 11.5 Å². The lowest BCUT2D eigenvalue weighted by Crippen LogP contribution is -2.41. The molecule has 0 fully saturated rings. The maximum Gasteiger partial charge on any atom is 0.573 e. The smallest absolute Gasteiger partial charge is 0.475 e. The summed E-state index contributed by atoms with van der Waals surface area (Å²) >= 11 is 0. The Bertz CT molecular complexity index is 734. The molecule has 0 saturated heterocycles. The standard InChI is InChI=1S/C14H8F6O5/c1-6(21)23-12(22)9-5-7-4-8(25-14(18,19)20)2-3-10(7)24-11(9)13(15,16)17/h2-5,11H,1H3. The van der Waals surface area contributed by atoms with Crippen LogP contribution < -0.4 is 9.47 Å². The highest BCUT2D eigenvalue weighted by molar-refractivity contribution is 6.01. The van der Waals surface area contributed by atoms with Gasteiger partial charge in [0.25, 0.3) is 0 Å². The molecule has 1 atom stereocenters. The molecule has 0 N–H and O–H groups in total. The molecule has 0 aromatic heterocycles. The molecular formula is C14H8F6O5. The number of carbonyl (C=O) groups is 2. The van der Waals surface area contributed by atoms with Crippen LogP contribution in [-0.4, -0.2) is 30.6 Å². The second kappa shape index (κ2) is 6.30. The van der Waals surface area contributed by atoms with E-state index in [-0.39, 0.29) is 5.56 Å². The Morgan fingerprint density at radius 1 is 1.12 bits per heavy atom. The normalized spacial score (nSPS) is 17.1. The Morgan fingerprint density at radius 3 is 2.28 bits per heavy atom. The van der Waals surface area contributed by atoms with Crippen LogP contribution in [0.2, 0.25) is 0 Å². The van der Waals surface area contributed by atoms with Crippen LogP contribution in [0.4, 0.5) is 26.3 Å². The molecule has 1 unspecified atom stereocenters. The van der Waals surface area contributed by atoms with E-state index in [2.05, 4.69) is 14.2 Å². The van der Waals surface area contributed by atoms with Gasteiger partial charge < -0.3 is 14.2 Å². The molecule has 0 saturated carbocycles. The number of ether oxygens (including phenoxy) is 3. The molecule has 0 bridgehead atoms. The van der Waals surface area contributed by atoms with E-state index in [0.717, 1.165) is 25.1 Å². The summed E-state index contributed by atoms with van der Waals surface area (Å²) in [7, 11) is 0. The lowest BCUT2D eigenvalue weighted by atomic mass is 10.0. The second-order valence-electron chi connectivity index (χ2n) is 4.77. The topological polar surface area (TPSA) is 61.8 Å². The molecule has 0 spiro atoms. The summed E-state index contributed by atoms with van der Waals surface area (Å²) in [5.41, 5.74) is -1.36. The molecule has 25 heavy (non-hydrogen) atoms. The Morgan fingerprint density at radius 2 is 1.76 bits per heavy atom. The minimum Gasteiger partial charge on any atom is -0.475 e. The summed E-state index contributed by atoms with van der Waals surface area (Å²) in [6, 6.07) is 2.32. The number of hydrogen-bond acceptors (Lipinski definition) is 5. The zero-order valence-corrected chi connectivity index (χ0v) is 12.2. The first-order chi connectivity index (χ1) is 11.4. The van der Waals surface area contributed by atoms with Gasteiger partial charge in [-0.25, -0.2) is 4.79 Å². The van der Waals surface area contributed by atoms with Gasteiger partial charge in [-0.15, -0.1) is 13.2 Å². The number of hydrogen-bond donors (Lipinski definition) is 0. The Balaban J connectivity index is 2.45. The van der Waals surface area contributed by atoms with Crippen LogP contribution in [-0.2, 0) is 14.3 Å². The van der Waals surface area contributed by atoms with Crippen molar-refractivity contribution in [3.05, 3.63) is 29.3 Å². The number of fused-ring (bicyclic) bond motifs is 1. The van der Waals surface area contributed by atoms with Crippen molar-refractivity contribution < 1.29 is 50.1 Å². The molecule has 11 heteroatoms. The summed E-state index contributed by atoms with van der Waals surface area (Å²) in [5.74, 6) is -3.93. The Kier molecular flexibility index (Phi) is 4.69. The fourth-order valence-corrected chi connectivity index (χ4v) is 1.98. The average molecular weight is 370 g/mol. The van der Waals surface area contributed by atoms with Crippen molar-refractivity contribution in [1.82, 2.24) is 0 Å². The second-order valence-corrected chi connectivity index (χ2v) is 4.77. The molecule has 0 aliphatic carbocycles. The molecule has 136 valence electrons. The summed E-state index contributed by atoms with van der Waals surface area (Å²) < 4.78 is 88.2. The Labute approximate surface area is 135 Å². The van der Waals surface area contributed by atoms with Gasteiger partial charge in [0.2, 0.25) is 6.10 Å². The molecule has 1 aliphatic heterocycles. The summed E-state index contributed by atoms with van der Waals surface area (Å²) in [6.07, 6.45) is -12.1. The zero-order valence-electron chi connectivity index (χ0n) is 12.2. The van der Waals surface area contributed by atoms with E-state index in [1.165, 1.54) is 0 Å². The molecule has 5 nitrogen and oxygen atoms in total. The van der Waals surface area contributed by atoms with Crippen LogP contribution >= 0.6 is 0 Å². The number of carbonyl (C=O) groups excluding carboxylic acids is 2. The predicted molar refractivity (Wildman–Crippen MR) is 68.3 cm³/mol. The summed E-state index contributed by atoms with van der Waals surface area (Å²) in [4.78, 5) is 22.5. The van der Waals surface area contributed by atoms with Crippen molar-refractivity contribution in [3.8, 4) is 11.5 Å². The first-order valence-electron chi connectivity index (χ1n) is 6.44. The fourth-order valence-electron chi connectivity index (χ4n) is 1.98. The first-order valence-corrected chi connectivity index (χ1v) is 6.44. The van der Waals surface area contributed by atoms with Gasteiger partial charge in [-0.2, -0.15) is 13.2 Å². The maximum atomic E-state index is 13.1. The number of benzene rings is 1. The number of halogens is 6. The van der Waals surface area contributed by atoms with Gasteiger partial charge >= 0.3 is 24.5 Å². The fraction of sp³-hybridized carbons (Fsp3) is 0.286. The molecule has 0 radical (unpaired) electrons. The van der Waals surface area contributed by atoms with Gasteiger partial charge in [-0.1, -0.05) is 0 Å². The van der Waals surface area contributed by atoms with Gasteiger partial charge in [0, 0.05) is 12.5 Å². The first kappa shape index (κ1) is 18.6. The molecule has 1 aromatic carbocycles. The van der Waals surface area contributed by atoms with Crippen LogP contribution in [0.3, 0.4) is 0 Å². The summed E-state index contributed by atoms with van der Waals surface area (Å²) in [6.45, 7) is 0.800. The predicted octanol–water partition coefficient (Wildman–Crippen LogP) is 3.38. The quantitative estimate of drug-likeness (QED) is 0.454. The largest absolute Gasteiger partial charge is 0.573 e. The SMILES string of the molecule is CC(=O)OC(=O)C1=Cc2cc(OC(F)(F)F)ccc2OC1C(F)(F)F. The van der Waals surface area contributed by atoms with Crippen molar-refractivity contribution in [3.63, 3.8) is 0 Å². The third-order valence-corrected chi connectivity index (χ3v) is 2.82. The van der Waals surface area contributed by atoms with Crippen molar-refractivity contribution in [2.45, 2.75) is 25.6 Å². The van der Waals surface area contributed by atoms with Gasteiger partial charge in [0.05, 0.1) is 5.57 Å². The van der Waals surface area contributed by atoms with Crippen LogP contribution in [0.5, 0.6) is 11.5 Å². The van der Waals surface area contributed by atoms with Crippen LogP contribution in [0.25, 0.3) is 6.08 Å². The molecule has 1 aromatic rings. The minimum absolute atomic E-state index is 0.280. The van der Waals surface area contributed by atoms with Gasteiger partial charge in [-0.3, -0.25) is 4.79 Å². The van der Waals surface area contributed by atoms with Crippen molar-refractivity contribution in [1.29, 1.82) is 0 Å². The third-order valence-electron chi connectivity index (χ3n) is 2.82. The van der Waals surface area contributed by atoms with Crippen LogP contribution in [0.15, 0.2) is 23.8 Å². The van der Waals surface area contributed by atoms with E-state index in [1.54, 1.807) is 0 Å². The van der Waals surface area contributed by atoms with Gasteiger partial charge in [-0.05, 0) is 24.3 Å². The van der Waals surface area contributed by atoms with E-state index >= 15 is 0 Å². The molecule has 0 amide bonds. The number of rotatable bonds is 2. The lowest BCUT2D eigenvalue weighted by Gasteiger charge is -2.27. The van der Waals surface area contributed by atoms with Crippen LogP contribution in [0, 0.1) is 0 Å². The molecular weight excluding hydrogens is 362 g/mol. The monoisotopic (exact) mass is 370 g/mol. The van der Waals surface area contributed by atoms with E-state index < -0.39 is 47.7 Å². The molecule has 1 heterocycles. The highest BCUT2D eigenvalue weighted by atomic mass is 19.4. The van der Waals surface area contributed by atoms with Crippen molar-refractivity contribution in [2.75, 3.05) is 0 Å². The van der Waals surface area contributed by atoms with E-state index in [9.17, 15) is 35.9 Å². The van der Waals surface area contributed by atoms with Crippen LogP contribution in [0.1, 0.15) is 12.5 Å². The van der Waals surface area contributed by atoms with Crippen molar-refractivity contribution >= 4 is 18.0 Å². The maximum absolute atomic E-state index is 13.1. The summed E-state index contributed by atoms with van der Waals surface area (Å²) in [5, 5.41) is 0. The zero-order chi connectivity index (χ0) is 19.0. The molecule has 2 rings (SSSR count). The molecule has 1 aliphatic rings. The van der Waals surface area contributed by atoms with E-state index in [4.69, 9.17) is 0 Å². The lowest BCUT2D eigenvalue weighted by molar-refractivity contribution is -0.274. The van der Waals surface area contributed by atoms with Gasteiger partial charge in [0.15, 0.2) is 0 Å². The minimum atomic E-state index is -5.03. The van der Waals surface area contributed by atoms with E-state index in [0.29, 0.717) is 6.08 Å². The highest BCUT2D eigenvalue weighted by Gasteiger charge is 2.49. The highest BCUT2D eigenvalue weighted by Crippen LogP contribution is 2.39. The number of alkyl halides is 6. The number of esters is 2. The average Bonchev–Trinajstić information content (AvgIpc) is 2.42. The third kappa shape index (κ3) is 4.64. The van der Waals surface area contributed by atoms with Crippen molar-refractivity contribution in [2.24, 2.45) is 0 Å². The van der Waals surface area contributed by atoms with E-state index in [1.807, 2.05) is 0 Å². The Hall–Kier alpha value is -2.72.